The van der Waals surface area contributed by atoms with Crippen molar-refractivity contribution >= 4 is 5.69 Å². The minimum atomic E-state index is 0.572. The maximum absolute atomic E-state index is 6.33. The number of ether oxygens (including phenoxy) is 2. The van der Waals surface area contributed by atoms with Crippen molar-refractivity contribution in [1.82, 2.24) is 4.90 Å². The van der Waals surface area contributed by atoms with E-state index in [4.69, 9.17) is 15.2 Å². The van der Waals surface area contributed by atoms with Crippen LogP contribution in [0.25, 0.3) is 0 Å². The summed E-state index contributed by atoms with van der Waals surface area (Å²) in [7, 11) is 1.78. The normalized spacial score (nSPS) is 21.2. The molecule has 2 aromatic carbocycles. The zero-order valence-corrected chi connectivity index (χ0v) is 17.1. The minimum Gasteiger partial charge on any atom is -0.496 e. The summed E-state index contributed by atoms with van der Waals surface area (Å²) in [6, 6.07) is 12.3. The summed E-state index contributed by atoms with van der Waals surface area (Å²) in [5.74, 6) is 3.41. The van der Waals surface area contributed by atoms with E-state index in [1.807, 2.05) is 12.1 Å². The van der Waals surface area contributed by atoms with E-state index in [0.717, 1.165) is 62.1 Å². The van der Waals surface area contributed by atoms with Gasteiger partial charge in [0.25, 0.3) is 0 Å². The van der Waals surface area contributed by atoms with Crippen molar-refractivity contribution in [3.8, 4) is 11.5 Å². The van der Waals surface area contributed by atoms with E-state index in [2.05, 4.69) is 36.1 Å². The van der Waals surface area contributed by atoms with Crippen LogP contribution in [0.4, 0.5) is 5.69 Å². The van der Waals surface area contributed by atoms with Crippen molar-refractivity contribution in [3.05, 3.63) is 53.1 Å². The quantitative estimate of drug-likeness (QED) is 0.576. The van der Waals surface area contributed by atoms with Crippen LogP contribution in [0.2, 0.25) is 0 Å². The van der Waals surface area contributed by atoms with Crippen LogP contribution in [-0.2, 0) is 12.8 Å². The smallest absolute Gasteiger partial charge is 0.123 e. The molecule has 0 radical (unpaired) electrons. The second-order valence-electron chi connectivity index (χ2n) is 8.11. The molecule has 1 aliphatic carbocycles. The number of nitrogens with zero attached hydrogens (tertiary/aromatic N) is 1. The van der Waals surface area contributed by atoms with Crippen LogP contribution >= 0.6 is 0 Å². The van der Waals surface area contributed by atoms with Gasteiger partial charge in [-0.05, 0) is 68.0 Å². The Hall–Kier alpha value is -2.20. The molecule has 4 heteroatoms. The molecular weight excluding hydrogens is 348 g/mol. The molecule has 2 aromatic rings. The van der Waals surface area contributed by atoms with E-state index < -0.39 is 0 Å². The highest BCUT2D eigenvalue weighted by Gasteiger charge is 2.39. The Morgan fingerprint density at radius 3 is 2.79 bits per heavy atom. The molecular formula is C24H32N2O2. The zero-order chi connectivity index (χ0) is 19.5. The lowest BCUT2D eigenvalue weighted by Gasteiger charge is -2.30. The number of hydrogen-bond donors (Lipinski definition) is 1. The predicted octanol–water partition coefficient (Wildman–Crippen LogP) is 4.27. The van der Waals surface area contributed by atoms with E-state index in [-0.39, 0.29) is 0 Å². The number of benzene rings is 2. The Balaban J connectivity index is 1.48. The van der Waals surface area contributed by atoms with Gasteiger partial charge in [-0.2, -0.15) is 0 Å². The van der Waals surface area contributed by atoms with Crippen LogP contribution in [0, 0.1) is 5.92 Å². The lowest BCUT2D eigenvalue weighted by Crippen LogP contribution is -2.21. The van der Waals surface area contributed by atoms with Gasteiger partial charge in [-0.1, -0.05) is 19.1 Å². The summed E-state index contributed by atoms with van der Waals surface area (Å²) < 4.78 is 12.0. The fourth-order valence-electron chi connectivity index (χ4n) is 4.98. The number of likely N-dealkylation sites (tertiary alicyclic amines) is 1. The summed E-state index contributed by atoms with van der Waals surface area (Å²) in [5, 5.41) is 0. The molecule has 2 atom stereocenters. The molecule has 0 bridgehead atoms. The minimum absolute atomic E-state index is 0.572. The van der Waals surface area contributed by atoms with E-state index in [9.17, 15) is 0 Å². The van der Waals surface area contributed by atoms with Gasteiger partial charge in [0, 0.05) is 35.8 Å². The molecule has 2 unspecified atom stereocenters. The monoisotopic (exact) mass is 380 g/mol. The molecule has 0 spiro atoms. The molecule has 150 valence electrons. The van der Waals surface area contributed by atoms with Gasteiger partial charge in [0.05, 0.1) is 13.7 Å². The van der Waals surface area contributed by atoms with Gasteiger partial charge in [0.1, 0.15) is 11.5 Å². The van der Waals surface area contributed by atoms with Gasteiger partial charge in [0.15, 0.2) is 0 Å². The summed E-state index contributed by atoms with van der Waals surface area (Å²) in [6.07, 6.45) is 4.32. The predicted molar refractivity (Wildman–Crippen MR) is 114 cm³/mol. The van der Waals surface area contributed by atoms with Crippen molar-refractivity contribution in [1.29, 1.82) is 0 Å². The summed E-state index contributed by atoms with van der Waals surface area (Å²) in [4.78, 5) is 2.58. The molecule has 1 saturated heterocycles. The van der Waals surface area contributed by atoms with Gasteiger partial charge < -0.3 is 20.1 Å². The Morgan fingerprint density at radius 1 is 1.14 bits per heavy atom. The summed E-state index contributed by atoms with van der Waals surface area (Å²) >= 11 is 0. The number of aryl methyl sites for hydroxylation is 1. The molecule has 0 amide bonds. The molecule has 0 aromatic heterocycles. The van der Waals surface area contributed by atoms with E-state index in [0.29, 0.717) is 5.92 Å². The Bertz CT molecular complexity index is 820. The van der Waals surface area contributed by atoms with E-state index in [1.165, 1.54) is 29.7 Å². The number of likely N-dealkylation sites (N-methyl/N-ethyl adjacent to an activating group) is 1. The SMILES string of the molecule is CCN1CC2CCc3c(OC)ccc(OCCCc4cccc(N)c4)c3C2C1. The van der Waals surface area contributed by atoms with Gasteiger partial charge in [0.2, 0.25) is 0 Å². The average Bonchev–Trinajstić information content (AvgIpc) is 3.14. The first-order valence-electron chi connectivity index (χ1n) is 10.6. The third-order valence-corrected chi connectivity index (χ3v) is 6.41. The number of nitrogen functional groups attached to an aromatic ring is 1. The van der Waals surface area contributed by atoms with Gasteiger partial charge in [-0.25, -0.2) is 0 Å². The largest absolute Gasteiger partial charge is 0.496 e. The number of methoxy groups -OCH3 is 1. The van der Waals surface area contributed by atoms with Crippen molar-refractivity contribution in [2.24, 2.45) is 5.92 Å². The Kier molecular flexibility index (Phi) is 5.77. The first-order valence-corrected chi connectivity index (χ1v) is 10.6. The third-order valence-electron chi connectivity index (χ3n) is 6.41. The molecule has 2 N–H and O–H groups in total. The van der Waals surface area contributed by atoms with Crippen molar-refractivity contribution in [3.63, 3.8) is 0 Å². The lowest BCUT2D eigenvalue weighted by molar-refractivity contribution is 0.298. The second kappa shape index (κ2) is 8.44. The number of nitrogens with two attached hydrogens (primary N) is 1. The van der Waals surface area contributed by atoms with Gasteiger partial charge >= 0.3 is 0 Å². The first kappa shape index (κ1) is 19.1. The Morgan fingerprint density at radius 2 is 2.00 bits per heavy atom. The molecule has 1 fully saturated rings. The van der Waals surface area contributed by atoms with Crippen molar-refractivity contribution in [2.45, 2.75) is 38.5 Å². The second-order valence-corrected chi connectivity index (χ2v) is 8.11. The maximum atomic E-state index is 6.33. The van der Waals surface area contributed by atoms with Crippen LogP contribution < -0.4 is 15.2 Å². The van der Waals surface area contributed by atoms with Crippen LogP contribution in [0.1, 0.15) is 42.4 Å². The van der Waals surface area contributed by atoms with Crippen LogP contribution in [0.3, 0.4) is 0 Å². The molecule has 1 heterocycles. The zero-order valence-electron chi connectivity index (χ0n) is 17.1. The summed E-state index contributed by atoms with van der Waals surface area (Å²) in [6.45, 7) is 6.47. The van der Waals surface area contributed by atoms with Gasteiger partial charge in [-0.15, -0.1) is 0 Å². The molecule has 0 saturated carbocycles. The molecule has 28 heavy (non-hydrogen) atoms. The van der Waals surface area contributed by atoms with Gasteiger partial charge in [-0.3, -0.25) is 0 Å². The maximum Gasteiger partial charge on any atom is 0.123 e. The molecule has 4 nitrogen and oxygen atoms in total. The fraction of sp³-hybridized carbons (Fsp3) is 0.500. The number of rotatable bonds is 7. The van der Waals surface area contributed by atoms with Crippen molar-refractivity contribution in [2.75, 3.05) is 39.1 Å². The molecule has 1 aliphatic heterocycles. The fourth-order valence-corrected chi connectivity index (χ4v) is 4.98. The topological polar surface area (TPSA) is 47.7 Å². The standard InChI is InChI=1S/C24H32N2O2/c1-3-26-15-18-9-10-20-22(27-2)11-12-23(24(20)21(18)16-26)28-13-5-7-17-6-4-8-19(25)14-17/h4,6,8,11-12,14,18,21H,3,5,7,9-10,13,15-16,25H2,1-2H3. The average molecular weight is 381 g/mol. The highest BCUT2D eigenvalue weighted by molar-refractivity contribution is 5.53. The third kappa shape index (κ3) is 3.83. The number of anilines is 1. The first-order chi connectivity index (χ1) is 13.7. The highest BCUT2D eigenvalue weighted by Crippen LogP contribution is 2.48. The molecule has 2 aliphatic rings. The van der Waals surface area contributed by atoms with Crippen molar-refractivity contribution < 1.29 is 9.47 Å². The van der Waals surface area contributed by atoms with E-state index in [1.54, 1.807) is 7.11 Å². The van der Waals surface area contributed by atoms with Crippen LogP contribution in [-0.4, -0.2) is 38.3 Å². The summed E-state index contributed by atoms with van der Waals surface area (Å²) in [5.41, 5.74) is 10.8. The number of hydrogen-bond acceptors (Lipinski definition) is 4. The highest BCUT2D eigenvalue weighted by atomic mass is 16.5. The Labute approximate surface area is 168 Å². The number of fused-ring (bicyclic) bond motifs is 3. The van der Waals surface area contributed by atoms with Crippen LogP contribution in [0.5, 0.6) is 11.5 Å². The molecule has 4 rings (SSSR count). The van der Waals surface area contributed by atoms with Crippen LogP contribution in [0.15, 0.2) is 36.4 Å². The van der Waals surface area contributed by atoms with E-state index >= 15 is 0 Å². The lowest BCUT2D eigenvalue weighted by atomic mass is 9.76.